The molecule has 1 aliphatic rings. The Bertz CT molecular complexity index is 124. The molecule has 0 unspecified atom stereocenters. The van der Waals surface area contributed by atoms with Crippen molar-refractivity contribution in [1.29, 1.82) is 0 Å². The summed E-state index contributed by atoms with van der Waals surface area (Å²) in [6.07, 6.45) is 4.43. The lowest BCUT2D eigenvalue weighted by molar-refractivity contribution is -0.0439. The molecule has 3 heteroatoms. The van der Waals surface area contributed by atoms with Crippen LogP contribution in [0, 0.1) is 0 Å². The molecule has 72 valence electrons. The van der Waals surface area contributed by atoms with E-state index in [0.29, 0.717) is 0 Å². The Balaban J connectivity index is 2.17. The first-order chi connectivity index (χ1) is 5.77. The van der Waals surface area contributed by atoms with Crippen molar-refractivity contribution in [2.75, 3.05) is 31.7 Å². The fourth-order valence-corrected chi connectivity index (χ4v) is 1.72. The monoisotopic (exact) mass is 189 g/mol. The van der Waals surface area contributed by atoms with Crippen LogP contribution in [0.1, 0.15) is 19.8 Å². The van der Waals surface area contributed by atoms with Crippen LogP contribution in [0.25, 0.3) is 0 Å². The van der Waals surface area contributed by atoms with Gasteiger partial charge in [0.2, 0.25) is 0 Å². The summed E-state index contributed by atoms with van der Waals surface area (Å²) in [7, 11) is 0. The predicted molar refractivity (Wildman–Crippen MR) is 54.8 cm³/mol. The van der Waals surface area contributed by atoms with Gasteiger partial charge in [-0.15, -0.1) is 0 Å². The van der Waals surface area contributed by atoms with E-state index in [1.54, 1.807) is 0 Å². The lowest BCUT2D eigenvalue weighted by Crippen LogP contribution is -2.42. The molecule has 2 nitrogen and oxygen atoms in total. The van der Waals surface area contributed by atoms with Crippen molar-refractivity contribution in [2.45, 2.75) is 25.4 Å². The van der Waals surface area contributed by atoms with Crippen LogP contribution >= 0.6 is 11.8 Å². The topological polar surface area (TPSA) is 21.3 Å². The van der Waals surface area contributed by atoms with E-state index >= 15 is 0 Å². The van der Waals surface area contributed by atoms with Crippen molar-refractivity contribution in [2.24, 2.45) is 0 Å². The lowest BCUT2D eigenvalue weighted by Gasteiger charge is -2.34. The molecule has 1 fully saturated rings. The fourth-order valence-electron chi connectivity index (χ4n) is 1.47. The van der Waals surface area contributed by atoms with E-state index in [-0.39, 0.29) is 5.60 Å². The Kier molecular flexibility index (Phi) is 4.40. The zero-order valence-corrected chi connectivity index (χ0v) is 8.88. The van der Waals surface area contributed by atoms with Crippen molar-refractivity contribution in [3.63, 3.8) is 0 Å². The molecule has 1 heterocycles. The summed E-state index contributed by atoms with van der Waals surface area (Å²) in [4.78, 5) is 0. The summed E-state index contributed by atoms with van der Waals surface area (Å²) in [5.41, 5.74) is 0.154. The van der Waals surface area contributed by atoms with Gasteiger partial charge >= 0.3 is 0 Å². The molecular formula is C9H19NOS. The average molecular weight is 189 g/mol. The highest BCUT2D eigenvalue weighted by molar-refractivity contribution is 7.98. The SMILES string of the molecule is CSCCOC1(C)CCNCC1. The quantitative estimate of drug-likeness (QED) is 0.677. The van der Waals surface area contributed by atoms with Gasteiger partial charge in [-0.1, -0.05) is 0 Å². The molecule has 12 heavy (non-hydrogen) atoms. The van der Waals surface area contributed by atoms with Crippen LogP contribution in [-0.2, 0) is 4.74 Å². The summed E-state index contributed by atoms with van der Waals surface area (Å²) in [6, 6.07) is 0. The van der Waals surface area contributed by atoms with Crippen molar-refractivity contribution in [3.05, 3.63) is 0 Å². The van der Waals surface area contributed by atoms with E-state index in [4.69, 9.17) is 4.74 Å². The third kappa shape index (κ3) is 3.33. The highest BCUT2D eigenvalue weighted by atomic mass is 32.2. The maximum atomic E-state index is 5.85. The molecule has 0 aromatic carbocycles. The van der Waals surface area contributed by atoms with Crippen LogP contribution in [0.2, 0.25) is 0 Å². The van der Waals surface area contributed by atoms with Gasteiger partial charge in [-0.25, -0.2) is 0 Å². The zero-order valence-electron chi connectivity index (χ0n) is 8.06. The van der Waals surface area contributed by atoms with Gasteiger partial charge in [-0.2, -0.15) is 11.8 Å². The average Bonchev–Trinajstić information content (AvgIpc) is 2.06. The summed E-state index contributed by atoms with van der Waals surface area (Å²) in [5, 5.41) is 3.35. The Morgan fingerprint density at radius 2 is 2.08 bits per heavy atom. The van der Waals surface area contributed by atoms with Crippen molar-refractivity contribution >= 4 is 11.8 Å². The van der Waals surface area contributed by atoms with Crippen LogP contribution in [0.15, 0.2) is 0 Å². The molecule has 0 aromatic heterocycles. The van der Waals surface area contributed by atoms with Crippen LogP contribution in [0.3, 0.4) is 0 Å². The second-order valence-corrected chi connectivity index (χ2v) is 4.53. The number of thioether (sulfide) groups is 1. The number of ether oxygens (including phenoxy) is 1. The Labute approximate surface area is 79.4 Å². The molecule has 1 aliphatic heterocycles. The van der Waals surface area contributed by atoms with Crippen molar-refractivity contribution in [3.8, 4) is 0 Å². The molecule has 0 spiro atoms. The number of hydrogen-bond acceptors (Lipinski definition) is 3. The normalized spacial score (nSPS) is 22.5. The van der Waals surface area contributed by atoms with E-state index in [9.17, 15) is 0 Å². The van der Waals surface area contributed by atoms with Gasteiger partial charge in [0, 0.05) is 5.75 Å². The van der Waals surface area contributed by atoms with Crippen LogP contribution in [0.4, 0.5) is 0 Å². The first kappa shape index (κ1) is 10.4. The molecule has 0 aromatic rings. The second-order valence-electron chi connectivity index (χ2n) is 3.54. The van der Waals surface area contributed by atoms with Gasteiger partial charge in [-0.3, -0.25) is 0 Å². The van der Waals surface area contributed by atoms with Gasteiger partial charge in [-0.05, 0) is 39.1 Å². The molecule has 0 aliphatic carbocycles. The molecule has 1 N–H and O–H groups in total. The maximum Gasteiger partial charge on any atom is 0.0679 e. The Morgan fingerprint density at radius 3 is 2.67 bits per heavy atom. The summed E-state index contributed by atoms with van der Waals surface area (Å²) < 4.78 is 5.85. The summed E-state index contributed by atoms with van der Waals surface area (Å²) in [6.45, 7) is 5.34. The van der Waals surface area contributed by atoms with Gasteiger partial charge < -0.3 is 10.1 Å². The highest BCUT2D eigenvalue weighted by Crippen LogP contribution is 2.22. The van der Waals surface area contributed by atoms with Crippen LogP contribution in [-0.4, -0.2) is 37.3 Å². The molecule has 0 bridgehead atoms. The fraction of sp³-hybridized carbons (Fsp3) is 1.00. The molecule has 0 radical (unpaired) electrons. The minimum Gasteiger partial charge on any atom is -0.374 e. The molecular weight excluding hydrogens is 170 g/mol. The first-order valence-electron chi connectivity index (χ1n) is 4.60. The number of nitrogens with one attached hydrogen (secondary N) is 1. The highest BCUT2D eigenvalue weighted by Gasteiger charge is 2.26. The Hall–Kier alpha value is 0.270. The second kappa shape index (κ2) is 5.10. The molecule has 0 amide bonds. The molecule has 1 saturated heterocycles. The number of rotatable bonds is 4. The maximum absolute atomic E-state index is 5.85. The largest absolute Gasteiger partial charge is 0.374 e. The van der Waals surface area contributed by atoms with E-state index in [2.05, 4.69) is 18.5 Å². The summed E-state index contributed by atoms with van der Waals surface area (Å²) >= 11 is 1.85. The zero-order chi connectivity index (χ0) is 8.86. The minimum atomic E-state index is 0.154. The van der Waals surface area contributed by atoms with Gasteiger partial charge in [0.1, 0.15) is 0 Å². The Morgan fingerprint density at radius 1 is 1.42 bits per heavy atom. The van der Waals surface area contributed by atoms with Gasteiger partial charge in [0.25, 0.3) is 0 Å². The van der Waals surface area contributed by atoms with Crippen LogP contribution in [0.5, 0.6) is 0 Å². The third-order valence-corrected chi connectivity index (χ3v) is 2.97. The summed E-state index contributed by atoms with van der Waals surface area (Å²) in [5.74, 6) is 1.11. The van der Waals surface area contributed by atoms with Gasteiger partial charge in [0.15, 0.2) is 0 Å². The minimum absolute atomic E-state index is 0.154. The predicted octanol–water partition coefficient (Wildman–Crippen LogP) is 1.51. The molecule has 0 atom stereocenters. The number of piperidine rings is 1. The van der Waals surface area contributed by atoms with E-state index in [1.807, 2.05) is 11.8 Å². The smallest absolute Gasteiger partial charge is 0.0679 e. The van der Waals surface area contributed by atoms with Crippen molar-refractivity contribution in [1.82, 2.24) is 5.32 Å². The van der Waals surface area contributed by atoms with Gasteiger partial charge in [0.05, 0.1) is 12.2 Å². The molecule has 1 rings (SSSR count). The standard InChI is InChI=1S/C9H19NOS/c1-9(11-7-8-12-2)3-5-10-6-4-9/h10H,3-8H2,1-2H3. The number of hydrogen-bond donors (Lipinski definition) is 1. The molecule has 0 saturated carbocycles. The lowest BCUT2D eigenvalue weighted by atomic mass is 9.95. The van der Waals surface area contributed by atoms with E-state index in [0.717, 1.165) is 38.3 Å². The van der Waals surface area contributed by atoms with Crippen LogP contribution < -0.4 is 5.32 Å². The first-order valence-corrected chi connectivity index (χ1v) is 6.00. The van der Waals surface area contributed by atoms with Crippen molar-refractivity contribution < 1.29 is 4.74 Å². The third-order valence-electron chi connectivity index (χ3n) is 2.40. The van der Waals surface area contributed by atoms with E-state index in [1.165, 1.54) is 0 Å². The van der Waals surface area contributed by atoms with E-state index < -0.39 is 0 Å².